The van der Waals surface area contributed by atoms with E-state index in [0.29, 0.717) is 12.8 Å². The van der Waals surface area contributed by atoms with Crippen molar-refractivity contribution < 1.29 is 8.78 Å². The molecule has 90 valence electrons. The quantitative estimate of drug-likeness (QED) is 0.748. The smallest absolute Gasteiger partial charge is 0.102 e. The highest BCUT2D eigenvalue weighted by molar-refractivity contribution is 4.84. The topological polar surface area (TPSA) is 12.0 Å². The van der Waals surface area contributed by atoms with Gasteiger partial charge in [0.2, 0.25) is 0 Å². The van der Waals surface area contributed by atoms with Crippen LogP contribution in [0.3, 0.4) is 0 Å². The monoisotopic (exact) mass is 219 g/mol. The van der Waals surface area contributed by atoms with E-state index in [1.807, 2.05) is 6.92 Å². The van der Waals surface area contributed by atoms with Gasteiger partial charge in [-0.3, -0.25) is 0 Å². The molecule has 0 aromatic carbocycles. The van der Waals surface area contributed by atoms with Gasteiger partial charge in [-0.05, 0) is 39.2 Å². The molecule has 0 aromatic rings. The maximum atomic E-state index is 13.4. The van der Waals surface area contributed by atoms with E-state index < -0.39 is 12.3 Å². The van der Waals surface area contributed by atoms with Gasteiger partial charge in [0.25, 0.3) is 0 Å². The Morgan fingerprint density at radius 2 is 2.07 bits per heavy atom. The van der Waals surface area contributed by atoms with E-state index in [1.54, 1.807) is 6.92 Å². The first-order chi connectivity index (χ1) is 7.15. The lowest BCUT2D eigenvalue weighted by molar-refractivity contribution is 0.131. The first kappa shape index (κ1) is 12.9. The van der Waals surface area contributed by atoms with Crippen LogP contribution in [0.4, 0.5) is 8.78 Å². The Morgan fingerprint density at radius 1 is 1.33 bits per heavy atom. The van der Waals surface area contributed by atoms with Gasteiger partial charge in [-0.2, -0.15) is 0 Å². The molecule has 0 spiro atoms. The summed E-state index contributed by atoms with van der Waals surface area (Å²) in [5.41, 5.74) is 0. The molecule has 0 bridgehead atoms. The molecule has 4 atom stereocenters. The SMILES string of the molecule is CCC(F)CC([C@H](C)F)[C@H]1CCCCN1. The van der Waals surface area contributed by atoms with Gasteiger partial charge in [-0.25, -0.2) is 8.78 Å². The Bertz CT molecular complexity index is 167. The lowest BCUT2D eigenvalue weighted by atomic mass is 9.85. The van der Waals surface area contributed by atoms with Crippen LogP contribution in [-0.4, -0.2) is 24.9 Å². The minimum Gasteiger partial charge on any atom is -0.314 e. The predicted molar refractivity (Wildman–Crippen MR) is 59.5 cm³/mol. The summed E-state index contributed by atoms with van der Waals surface area (Å²) in [5.74, 6) is -0.153. The second-order valence-corrected chi connectivity index (χ2v) is 4.64. The van der Waals surface area contributed by atoms with Gasteiger partial charge >= 0.3 is 0 Å². The molecule has 1 heterocycles. The molecule has 0 amide bonds. The summed E-state index contributed by atoms with van der Waals surface area (Å²) >= 11 is 0. The number of nitrogens with one attached hydrogen (secondary N) is 1. The molecule has 1 saturated heterocycles. The van der Waals surface area contributed by atoms with Crippen LogP contribution in [0.25, 0.3) is 0 Å². The lowest BCUT2D eigenvalue weighted by Crippen LogP contribution is -2.43. The average molecular weight is 219 g/mol. The number of hydrogen-bond donors (Lipinski definition) is 1. The molecule has 1 N–H and O–H groups in total. The van der Waals surface area contributed by atoms with Gasteiger partial charge < -0.3 is 5.32 Å². The Hall–Kier alpha value is -0.180. The van der Waals surface area contributed by atoms with Crippen molar-refractivity contribution in [2.75, 3.05) is 6.54 Å². The number of piperidine rings is 1. The van der Waals surface area contributed by atoms with Crippen molar-refractivity contribution in [1.29, 1.82) is 0 Å². The standard InChI is InChI=1S/C12H23F2N/c1-3-10(14)8-11(9(2)13)12-6-4-5-7-15-12/h9-12,15H,3-8H2,1-2H3/t9-,10?,11?,12+/m0/s1. The molecule has 15 heavy (non-hydrogen) atoms. The van der Waals surface area contributed by atoms with E-state index in [-0.39, 0.29) is 12.0 Å². The fourth-order valence-electron chi connectivity index (χ4n) is 2.38. The molecule has 2 unspecified atom stereocenters. The van der Waals surface area contributed by atoms with Gasteiger partial charge in [-0.15, -0.1) is 0 Å². The van der Waals surface area contributed by atoms with Crippen molar-refractivity contribution in [2.45, 2.75) is 64.3 Å². The molecule has 0 saturated carbocycles. The highest BCUT2D eigenvalue weighted by atomic mass is 19.1. The van der Waals surface area contributed by atoms with Crippen LogP contribution in [0.1, 0.15) is 46.0 Å². The molecular weight excluding hydrogens is 196 g/mol. The highest BCUT2D eigenvalue weighted by Crippen LogP contribution is 2.26. The minimum absolute atomic E-state index is 0.153. The molecular formula is C12H23F2N. The fourth-order valence-corrected chi connectivity index (χ4v) is 2.38. The zero-order chi connectivity index (χ0) is 11.3. The second-order valence-electron chi connectivity index (χ2n) is 4.64. The molecule has 1 aliphatic rings. The summed E-state index contributed by atoms with van der Waals surface area (Å²) in [6.07, 6.45) is 2.40. The lowest BCUT2D eigenvalue weighted by Gasteiger charge is -2.33. The van der Waals surface area contributed by atoms with Gasteiger partial charge in [0.1, 0.15) is 12.3 Å². The largest absolute Gasteiger partial charge is 0.314 e. The molecule has 1 nitrogen and oxygen atoms in total. The van der Waals surface area contributed by atoms with Crippen LogP contribution in [0.5, 0.6) is 0 Å². The van der Waals surface area contributed by atoms with Gasteiger partial charge in [0.05, 0.1) is 0 Å². The predicted octanol–water partition coefficient (Wildman–Crippen LogP) is 3.24. The molecule has 1 fully saturated rings. The zero-order valence-corrected chi connectivity index (χ0v) is 9.81. The van der Waals surface area contributed by atoms with Crippen LogP contribution in [0.2, 0.25) is 0 Å². The molecule has 0 aliphatic carbocycles. The van der Waals surface area contributed by atoms with E-state index >= 15 is 0 Å². The van der Waals surface area contributed by atoms with Crippen LogP contribution in [0, 0.1) is 5.92 Å². The van der Waals surface area contributed by atoms with E-state index in [0.717, 1.165) is 25.8 Å². The molecule has 3 heteroatoms. The molecule has 1 aliphatic heterocycles. The van der Waals surface area contributed by atoms with Crippen molar-refractivity contribution in [3.05, 3.63) is 0 Å². The zero-order valence-electron chi connectivity index (χ0n) is 9.81. The van der Waals surface area contributed by atoms with Crippen LogP contribution in [0.15, 0.2) is 0 Å². The number of halogens is 2. The van der Waals surface area contributed by atoms with Crippen molar-refractivity contribution in [3.63, 3.8) is 0 Å². The molecule has 0 aromatic heterocycles. The number of alkyl halides is 2. The summed E-state index contributed by atoms with van der Waals surface area (Å²) in [5, 5.41) is 3.32. The third-order valence-corrected chi connectivity index (χ3v) is 3.43. The third kappa shape index (κ3) is 4.06. The van der Waals surface area contributed by atoms with Gasteiger partial charge in [0.15, 0.2) is 0 Å². The Morgan fingerprint density at radius 3 is 2.53 bits per heavy atom. The van der Waals surface area contributed by atoms with Crippen molar-refractivity contribution in [2.24, 2.45) is 5.92 Å². The van der Waals surface area contributed by atoms with E-state index in [4.69, 9.17) is 0 Å². The Labute approximate surface area is 91.6 Å². The van der Waals surface area contributed by atoms with E-state index in [1.165, 1.54) is 0 Å². The summed E-state index contributed by atoms with van der Waals surface area (Å²) in [6, 6.07) is 0.184. The molecule has 1 rings (SSSR count). The van der Waals surface area contributed by atoms with E-state index in [2.05, 4.69) is 5.32 Å². The fraction of sp³-hybridized carbons (Fsp3) is 1.00. The van der Waals surface area contributed by atoms with Crippen molar-refractivity contribution in [3.8, 4) is 0 Å². The first-order valence-corrected chi connectivity index (χ1v) is 6.16. The summed E-state index contributed by atoms with van der Waals surface area (Å²) in [7, 11) is 0. The average Bonchev–Trinajstić information content (AvgIpc) is 2.26. The minimum atomic E-state index is -0.912. The van der Waals surface area contributed by atoms with Crippen LogP contribution >= 0.6 is 0 Å². The second kappa shape index (κ2) is 6.41. The highest BCUT2D eigenvalue weighted by Gasteiger charge is 2.29. The van der Waals surface area contributed by atoms with Gasteiger partial charge in [0, 0.05) is 12.0 Å². The summed E-state index contributed by atoms with van der Waals surface area (Å²) < 4.78 is 26.7. The van der Waals surface area contributed by atoms with Crippen LogP contribution in [-0.2, 0) is 0 Å². The normalized spacial score (nSPS) is 28.4. The summed E-state index contributed by atoms with van der Waals surface area (Å²) in [4.78, 5) is 0. The number of hydrogen-bond acceptors (Lipinski definition) is 1. The van der Waals surface area contributed by atoms with Crippen LogP contribution < -0.4 is 5.32 Å². The first-order valence-electron chi connectivity index (χ1n) is 6.16. The Kier molecular flexibility index (Phi) is 5.51. The third-order valence-electron chi connectivity index (χ3n) is 3.43. The maximum Gasteiger partial charge on any atom is 0.102 e. The van der Waals surface area contributed by atoms with Crippen molar-refractivity contribution in [1.82, 2.24) is 5.32 Å². The molecule has 0 radical (unpaired) electrons. The van der Waals surface area contributed by atoms with E-state index in [9.17, 15) is 8.78 Å². The number of rotatable bonds is 5. The summed E-state index contributed by atoms with van der Waals surface area (Å²) in [6.45, 7) is 4.33. The van der Waals surface area contributed by atoms with Crippen molar-refractivity contribution >= 4 is 0 Å². The Balaban J connectivity index is 2.48. The maximum absolute atomic E-state index is 13.4. The van der Waals surface area contributed by atoms with Gasteiger partial charge in [-0.1, -0.05) is 13.3 Å².